The van der Waals surface area contributed by atoms with Crippen LogP contribution in [0.5, 0.6) is 5.75 Å². The standard InChI is InChI=1S/C25H28FNO5S/c1-3-27(4-2)11-5-6-16-12-19(26)8-10-22(16)33(30,31)15-17-7-9-20-21-13-18(21)14-32-24(20)23(17)25(28)29/h5-10,12,18,21H,3-4,11,13-15H2,1-2H3,(H,28,29). The normalized spacial score (nSPS) is 19.3. The molecule has 176 valence electrons. The topological polar surface area (TPSA) is 83.9 Å². The van der Waals surface area contributed by atoms with E-state index in [0.717, 1.165) is 31.1 Å². The average Bonchev–Trinajstić information content (AvgIpc) is 3.56. The van der Waals surface area contributed by atoms with Crippen LogP contribution in [0.1, 0.15) is 53.2 Å². The number of ether oxygens (including phenoxy) is 1. The molecule has 0 spiro atoms. The van der Waals surface area contributed by atoms with Crippen molar-refractivity contribution in [3.05, 3.63) is 64.5 Å². The first-order chi connectivity index (χ1) is 15.7. The van der Waals surface area contributed by atoms with Gasteiger partial charge in [0.25, 0.3) is 0 Å². The van der Waals surface area contributed by atoms with Crippen LogP contribution in [-0.4, -0.2) is 50.6 Å². The second-order valence-corrected chi connectivity index (χ2v) is 10.5. The first kappa shape index (κ1) is 23.4. The molecule has 6 nitrogen and oxygen atoms in total. The first-order valence-corrected chi connectivity index (χ1v) is 12.8. The predicted octanol–water partition coefficient (Wildman–Crippen LogP) is 4.35. The molecule has 2 unspecified atom stereocenters. The lowest BCUT2D eigenvalue weighted by molar-refractivity contribution is 0.0690. The van der Waals surface area contributed by atoms with Crippen LogP contribution in [0.15, 0.2) is 41.3 Å². The Morgan fingerprint density at radius 3 is 2.70 bits per heavy atom. The van der Waals surface area contributed by atoms with Gasteiger partial charge in [-0.25, -0.2) is 17.6 Å². The fourth-order valence-corrected chi connectivity index (χ4v) is 6.04. The molecule has 2 atom stereocenters. The highest BCUT2D eigenvalue weighted by molar-refractivity contribution is 7.90. The maximum absolute atomic E-state index is 13.9. The molecule has 4 rings (SSSR count). The highest BCUT2D eigenvalue weighted by Crippen LogP contribution is 2.55. The molecule has 0 bridgehead atoms. The molecule has 2 aromatic rings. The van der Waals surface area contributed by atoms with E-state index >= 15 is 0 Å². The zero-order valence-corrected chi connectivity index (χ0v) is 19.6. The first-order valence-electron chi connectivity index (χ1n) is 11.2. The van der Waals surface area contributed by atoms with Gasteiger partial charge in [0.1, 0.15) is 17.1 Å². The van der Waals surface area contributed by atoms with Gasteiger partial charge in [-0.15, -0.1) is 0 Å². The highest BCUT2D eigenvalue weighted by Gasteiger charge is 2.45. The van der Waals surface area contributed by atoms with Gasteiger partial charge in [-0.3, -0.25) is 0 Å². The van der Waals surface area contributed by atoms with Crippen molar-refractivity contribution in [3.63, 3.8) is 0 Å². The molecule has 1 aliphatic heterocycles. The van der Waals surface area contributed by atoms with Crippen molar-refractivity contribution in [2.75, 3.05) is 26.2 Å². The molecule has 0 radical (unpaired) electrons. The van der Waals surface area contributed by atoms with Crippen molar-refractivity contribution in [1.29, 1.82) is 0 Å². The third-order valence-corrected chi connectivity index (χ3v) is 8.19. The smallest absolute Gasteiger partial charge is 0.339 e. The summed E-state index contributed by atoms with van der Waals surface area (Å²) < 4.78 is 46.4. The Bertz CT molecular complexity index is 1200. The highest BCUT2D eigenvalue weighted by atomic mass is 32.2. The van der Waals surface area contributed by atoms with Gasteiger partial charge in [-0.2, -0.15) is 0 Å². The number of benzene rings is 2. The third-order valence-electron chi connectivity index (χ3n) is 6.46. The molecule has 0 amide bonds. The van der Waals surface area contributed by atoms with E-state index in [1.807, 2.05) is 19.9 Å². The van der Waals surface area contributed by atoms with E-state index in [4.69, 9.17) is 4.74 Å². The number of likely N-dealkylation sites (N-methyl/N-ethyl adjacent to an activating group) is 1. The van der Waals surface area contributed by atoms with E-state index in [9.17, 15) is 22.7 Å². The molecule has 33 heavy (non-hydrogen) atoms. The SMILES string of the molecule is CCN(CC)CC=Cc1cc(F)ccc1S(=O)(=O)Cc1ccc2c(c1C(=O)O)OCC1CC21. The van der Waals surface area contributed by atoms with Crippen molar-refractivity contribution < 1.29 is 27.4 Å². The number of sulfone groups is 1. The molecule has 1 saturated carbocycles. The molecule has 0 aromatic heterocycles. The Morgan fingerprint density at radius 1 is 1.24 bits per heavy atom. The minimum atomic E-state index is -3.96. The van der Waals surface area contributed by atoms with Crippen LogP contribution in [0.2, 0.25) is 0 Å². The number of hydrogen-bond acceptors (Lipinski definition) is 5. The molecule has 0 saturated heterocycles. The summed E-state index contributed by atoms with van der Waals surface area (Å²) in [5.41, 5.74) is 1.16. The summed E-state index contributed by atoms with van der Waals surface area (Å²) in [7, 11) is -3.96. The molecule has 2 aromatic carbocycles. The number of fused-ring (bicyclic) bond motifs is 3. The van der Waals surface area contributed by atoms with Crippen LogP contribution in [-0.2, 0) is 15.6 Å². The summed E-state index contributed by atoms with van der Waals surface area (Å²) in [5, 5.41) is 9.85. The summed E-state index contributed by atoms with van der Waals surface area (Å²) in [6.45, 7) is 6.80. The lowest BCUT2D eigenvalue weighted by Crippen LogP contribution is -2.22. The van der Waals surface area contributed by atoms with E-state index in [1.54, 1.807) is 18.2 Å². The number of hydrogen-bond donors (Lipinski definition) is 1. The minimum absolute atomic E-state index is 0.0306. The van der Waals surface area contributed by atoms with Gasteiger partial charge < -0.3 is 14.7 Å². The second-order valence-electron chi connectivity index (χ2n) is 8.57. The average molecular weight is 474 g/mol. The number of carboxylic acids is 1. The zero-order chi connectivity index (χ0) is 23.8. The van der Waals surface area contributed by atoms with Gasteiger partial charge >= 0.3 is 5.97 Å². The molecule has 1 N–H and O–H groups in total. The van der Waals surface area contributed by atoms with Gasteiger partial charge in [0.05, 0.1) is 17.3 Å². The number of halogens is 1. The van der Waals surface area contributed by atoms with Gasteiger partial charge in [-0.1, -0.05) is 38.1 Å². The molecular weight excluding hydrogens is 445 g/mol. The summed E-state index contributed by atoms with van der Waals surface area (Å²) >= 11 is 0. The molecule has 2 aliphatic rings. The quantitative estimate of drug-likeness (QED) is 0.545. The molecule has 1 heterocycles. The summed E-state index contributed by atoms with van der Waals surface area (Å²) in [6, 6.07) is 6.89. The number of nitrogens with zero attached hydrogens (tertiary/aromatic N) is 1. The van der Waals surface area contributed by atoms with E-state index in [-0.39, 0.29) is 33.3 Å². The summed E-state index contributed by atoms with van der Waals surface area (Å²) in [6.07, 6.45) is 4.38. The zero-order valence-electron chi connectivity index (χ0n) is 18.8. The third kappa shape index (κ3) is 4.82. The summed E-state index contributed by atoms with van der Waals surface area (Å²) in [4.78, 5) is 14.2. The maximum Gasteiger partial charge on any atom is 0.339 e. The van der Waals surface area contributed by atoms with Crippen molar-refractivity contribution >= 4 is 21.9 Å². The second kappa shape index (κ2) is 9.27. The van der Waals surface area contributed by atoms with Crippen LogP contribution in [0.4, 0.5) is 4.39 Å². The number of carbonyl (C=O) groups is 1. The molecular formula is C25H28FNO5S. The van der Waals surface area contributed by atoms with Crippen molar-refractivity contribution in [2.24, 2.45) is 5.92 Å². The van der Waals surface area contributed by atoms with Crippen LogP contribution < -0.4 is 4.74 Å². The van der Waals surface area contributed by atoms with E-state index in [1.165, 1.54) is 12.1 Å². The summed E-state index contributed by atoms with van der Waals surface area (Å²) in [5.74, 6) is -1.27. The number of rotatable bonds is 9. The molecule has 1 fully saturated rings. The van der Waals surface area contributed by atoms with Crippen molar-refractivity contribution in [1.82, 2.24) is 4.90 Å². The van der Waals surface area contributed by atoms with Crippen LogP contribution >= 0.6 is 0 Å². The van der Waals surface area contributed by atoms with Gasteiger partial charge in [0.2, 0.25) is 0 Å². The Hall–Kier alpha value is -2.71. The fraction of sp³-hybridized carbons (Fsp3) is 0.400. The Labute approximate surface area is 193 Å². The molecule has 1 aliphatic carbocycles. The van der Waals surface area contributed by atoms with Crippen molar-refractivity contribution in [3.8, 4) is 5.75 Å². The number of carboxylic acid groups (broad SMARTS) is 1. The molecule has 8 heteroatoms. The van der Waals surface area contributed by atoms with Crippen LogP contribution in [0, 0.1) is 11.7 Å². The van der Waals surface area contributed by atoms with Crippen molar-refractivity contribution in [2.45, 2.75) is 36.8 Å². The Balaban J connectivity index is 1.68. The van der Waals surface area contributed by atoms with Crippen LogP contribution in [0.3, 0.4) is 0 Å². The Kier molecular flexibility index (Phi) is 6.59. The number of aromatic carboxylic acids is 1. The van der Waals surface area contributed by atoms with E-state index < -0.39 is 27.4 Å². The minimum Gasteiger partial charge on any atom is -0.492 e. The van der Waals surface area contributed by atoms with Gasteiger partial charge in [0, 0.05) is 12.5 Å². The monoisotopic (exact) mass is 473 g/mol. The van der Waals surface area contributed by atoms with Crippen LogP contribution in [0.25, 0.3) is 6.08 Å². The largest absolute Gasteiger partial charge is 0.492 e. The van der Waals surface area contributed by atoms with E-state index in [0.29, 0.717) is 19.1 Å². The van der Waals surface area contributed by atoms with Gasteiger partial charge in [-0.05, 0) is 60.3 Å². The lowest BCUT2D eigenvalue weighted by atomic mass is 9.98. The fourth-order valence-electron chi connectivity index (χ4n) is 4.47. The lowest BCUT2D eigenvalue weighted by Gasteiger charge is -2.21. The Morgan fingerprint density at radius 2 is 2.00 bits per heavy atom. The van der Waals surface area contributed by atoms with E-state index in [2.05, 4.69) is 4.90 Å². The van der Waals surface area contributed by atoms with Gasteiger partial charge in [0.15, 0.2) is 9.84 Å². The predicted molar refractivity (Wildman–Crippen MR) is 124 cm³/mol. The maximum atomic E-state index is 13.9.